The van der Waals surface area contributed by atoms with Gasteiger partial charge in [-0.05, 0) is 80.8 Å². The summed E-state index contributed by atoms with van der Waals surface area (Å²) in [5, 5.41) is 3.34. The quantitative estimate of drug-likeness (QED) is 0.461. The molecule has 2 aliphatic rings. The Kier molecular flexibility index (Phi) is 8.95. The molecule has 2 saturated heterocycles. The molecule has 2 heterocycles. The molecule has 1 N–H and O–H groups in total. The molecule has 1 atom stereocenters. The molecule has 0 unspecified atom stereocenters. The van der Waals surface area contributed by atoms with Crippen LogP contribution in [-0.4, -0.2) is 91.1 Å². The normalized spacial score (nSPS) is 19.1. The molecule has 0 radical (unpaired) electrons. The fourth-order valence-corrected chi connectivity index (χ4v) is 5.19. The van der Waals surface area contributed by atoms with Gasteiger partial charge in [0.05, 0.1) is 19.2 Å². The first-order valence-corrected chi connectivity index (χ1v) is 13.3. The van der Waals surface area contributed by atoms with E-state index < -0.39 is 6.04 Å². The standard InChI is InChI=1S/C26H32BrN5O3S/c1-29-14-16-30(17-15-29)12-3-13-31-23(18-24(33)28-20-6-4-19(27)5-7-20)25(34)32(26(31)36)21-8-10-22(35-2)11-9-21/h4-11,23H,3,12-18H2,1-2H3,(H,28,33)/t23-/m1/s1. The fraction of sp³-hybridized carbons (Fsp3) is 0.423. The number of methoxy groups -OCH3 is 1. The molecule has 2 aromatic carbocycles. The number of piperazine rings is 1. The molecule has 192 valence electrons. The van der Waals surface area contributed by atoms with E-state index in [0.29, 0.717) is 28.8 Å². The van der Waals surface area contributed by atoms with Gasteiger partial charge in [0.1, 0.15) is 11.8 Å². The minimum absolute atomic E-state index is 0.0240. The second kappa shape index (κ2) is 12.1. The number of halogens is 1. The molecule has 36 heavy (non-hydrogen) atoms. The zero-order chi connectivity index (χ0) is 25.7. The number of carbonyl (C=O) groups excluding carboxylic acids is 2. The Morgan fingerprint density at radius 3 is 2.36 bits per heavy atom. The minimum Gasteiger partial charge on any atom is -0.497 e. The van der Waals surface area contributed by atoms with E-state index in [0.717, 1.165) is 43.6 Å². The first-order valence-electron chi connectivity index (χ1n) is 12.1. The van der Waals surface area contributed by atoms with Crippen LogP contribution in [0.4, 0.5) is 11.4 Å². The Bertz CT molecular complexity index is 1070. The van der Waals surface area contributed by atoms with Crippen LogP contribution in [0.15, 0.2) is 53.0 Å². The zero-order valence-electron chi connectivity index (χ0n) is 20.7. The van der Waals surface area contributed by atoms with Crippen LogP contribution >= 0.6 is 28.1 Å². The Hall–Kier alpha value is -2.53. The van der Waals surface area contributed by atoms with Gasteiger partial charge < -0.3 is 24.8 Å². The summed E-state index contributed by atoms with van der Waals surface area (Å²) in [6, 6.07) is 13.9. The average Bonchev–Trinajstić information content (AvgIpc) is 3.10. The van der Waals surface area contributed by atoms with Crippen molar-refractivity contribution in [3.8, 4) is 5.75 Å². The molecule has 0 bridgehead atoms. The molecule has 0 aliphatic carbocycles. The van der Waals surface area contributed by atoms with Gasteiger partial charge in [-0.2, -0.15) is 0 Å². The van der Waals surface area contributed by atoms with E-state index in [4.69, 9.17) is 17.0 Å². The summed E-state index contributed by atoms with van der Waals surface area (Å²) in [5.41, 5.74) is 1.36. The van der Waals surface area contributed by atoms with Gasteiger partial charge in [-0.15, -0.1) is 0 Å². The van der Waals surface area contributed by atoms with Crippen molar-refractivity contribution in [2.75, 3.05) is 63.6 Å². The van der Waals surface area contributed by atoms with E-state index in [2.05, 4.69) is 38.1 Å². The zero-order valence-corrected chi connectivity index (χ0v) is 23.1. The topological polar surface area (TPSA) is 68.4 Å². The predicted molar refractivity (Wildman–Crippen MR) is 150 cm³/mol. The largest absolute Gasteiger partial charge is 0.497 e. The van der Waals surface area contributed by atoms with Crippen LogP contribution in [0, 0.1) is 0 Å². The number of thiocarbonyl (C=S) groups is 1. The van der Waals surface area contributed by atoms with Crippen molar-refractivity contribution >= 4 is 56.4 Å². The molecule has 0 spiro atoms. The highest BCUT2D eigenvalue weighted by molar-refractivity contribution is 9.10. The number of likely N-dealkylation sites (N-methyl/N-ethyl adjacent to an activating group) is 1. The Morgan fingerprint density at radius 1 is 1.06 bits per heavy atom. The van der Waals surface area contributed by atoms with E-state index in [1.165, 1.54) is 0 Å². The molecular formula is C26H32BrN5O3S. The van der Waals surface area contributed by atoms with Gasteiger partial charge in [0.25, 0.3) is 5.91 Å². The monoisotopic (exact) mass is 573 g/mol. The highest BCUT2D eigenvalue weighted by Crippen LogP contribution is 2.29. The van der Waals surface area contributed by atoms with E-state index in [1.54, 1.807) is 24.1 Å². The van der Waals surface area contributed by atoms with Gasteiger partial charge in [-0.25, -0.2) is 0 Å². The van der Waals surface area contributed by atoms with Gasteiger partial charge >= 0.3 is 0 Å². The van der Waals surface area contributed by atoms with Crippen LogP contribution in [0.5, 0.6) is 5.75 Å². The average molecular weight is 575 g/mol. The lowest BCUT2D eigenvalue weighted by molar-refractivity contribution is -0.124. The molecule has 0 aromatic heterocycles. The molecule has 2 aromatic rings. The van der Waals surface area contributed by atoms with Crippen LogP contribution in [-0.2, 0) is 9.59 Å². The molecule has 8 nitrogen and oxygen atoms in total. The van der Waals surface area contributed by atoms with Gasteiger partial charge in [-0.3, -0.25) is 14.5 Å². The van der Waals surface area contributed by atoms with Crippen molar-refractivity contribution < 1.29 is 14.3 Å². The number of hydrogen-bond donors (Lipinski definition) is 1. The van der Waals surface area contributed by atoms with E-state index in [9.17, 15) is 9.59 Å². The number of nitrogens with one attached hydrogen (secondary N) is 1. The maximum atomic E-state index is 13.6. The number of carbonyl (C=O) groups is 2. The number of nitrogens with zero attached hydrogens (tertiary/aromatic N) is 4. The Balaban J connectivity index is 1.47. The number of rotatable bonds is 9. The lowest BCUT2D eigenvalue weighted by Gasteiger charge is -2.33. The van der Waals surface area contributed by atoms with Crippen molar-refractivity contribution in [3.63, 3.8) is 0 Å². The van der Waals surface area contributed by atoms with E-state index in [-0.39, 0.29) is 18.2 Å². The third kappa shape index (κ3) is 6.42. The maximum absolute atomic E-state index is 13.6. The number of hydrogen-bond acceptors (Lipinski definition) is 6. The SMILES string of the molecule is COc1ccc(N2C(=O)[C@@H](CC(=O)Nc3ccc(Br)cc3)N(CCCN3CCN(C)CC3)C2=S)cc1. The lowest BCUT2D eigenvalue weighted by Crippen LogP contribution is -2.45. The molecule has 0 saturated carbocycles. The predicted octanol–water partition coefficient (Wildman–Crippen LogP) is 3.43. The summed E-state index contributed by atoms with van der Waals surface area (Å²) in [7, 11) is 3.74. The van der Waals surface area contributed by atoms with Gasteiger partial charge in [-0.1, -0.05) is 15.9 Å². The first-order chi connectivity index (χ1) is 17.4. The van der Waals surface area contributed by atoms with Crippen molar-refractivity contribution in [2.45, 2.75) is 18.9 Å². The fourth-order valence-electron chi connectivity index (χ4n) is 4.51. The Morgan fingerprint density at radius 2 is 1.72 bits per heavy atom. The summed E-state index contributed by atoms with van der Waals surface area (Å²) in [4.78, 5) is 34.7. The maximum Gasteiger partial charge on any atom is 0.256 e. The Labute approximate surface area is 226 Å². The van der Waals surface area contributed by atoms with Crippen LogP contribution < -0.4 is 15.0 Å². The highest BCUT2D eigenvalue weighted by atomic mass is 79.9. The van der Waals surface area contributed by atoms with Crippen LogP contribution in [0.25, 0.3) is 0 Å². The van der Waals surface area contributed by atoms with Crippen molar-refractivity contribution in [2.24, 2.45) is 0 Å². The lowest BCUT2D eigenvalue weighted by atomic mass is 10.1. The van der Waals surface area contributed by atoms with Crippen molar-refractivity contribution in [3.05, 3.63) is 53.0 Å². The molecule has 10 heteroatoms. The van der Waals surface area contributed by atoms with Crippen molar-refractivity contribution in [1.29, 1.82) is 0 Å². The number of anilines is 2. The van der Waals surface area contributed by atoms with Crippen LogP contribution in [0.2, 0.25) is 0 Å². The second-order valence-electron chi connectivity index (χ2n) is 9.12. The van der Waals surface area contributed by atoms with E-state index in [1.807, 2.05) is 41.3 Å². The second-order valence-corrected chi connectivity index (χ2v) is 10.4. The summed E-state index contributed by atoms with van der Waals surface area (Å²) >= 11 is 9.18. The minimum atomic E-state index is -0.650. The van der Waals surface area contributed by atoms with Gasteiger partial charge in [0, 0.05) is 42.9 Å². The molecular weight excluding hydrogens is 542 g/mol. The van der Waals surface area contributed by atoms with Gasteiger partial charge in [0.15, 0.2) is 5.11 Å². The van der Waals surface area contributed by atoms with Crippen LogP contribution in [0.1, 0.15) is 12.8 Å². The summed E-state index contributed by atoms with van der Waals surface area (Å²) < 4.78 is 6.18. The highest BCUT2D eigenvalue weighted by Gasteiger charge is 2.43. The van der Waals surface area contributed by atoms with E-state index >= 15 is 0 Å². The summed E-state index contributed by atoms with van der Waals surface area (Å²) in [5.74, 6) is 0.292. The summed E-state index contributed by atoms with van der Waals surface area (Å²) in [6.45, 7) is 5.74. The number of amides is 2. The number of ether oxygens (including phenoxy) is 1. The number of benzene rings is 2. The molecule has 2 aliphatic heterocycles. The molecule has 2 amide bonds. The van der Waals surface area contributed by atoms with Crippen molar-refractivity contribution in [1.82, 2.24) is 14.7 Å². The molecule has 4 rings (SSSR count). The molecule has 2 fully saturated rings. The third-order valence-electron chi connectivity index (χ3n) is 6.63. The first kappa shape index (κ1) is 26.5. The third-order valence-corrected chi connectivity index (χ3v) is 7.57. The van der Waals surface area contributed by atoms with Crippen LogP contribution in [0.3, 0.4) is 0 Å². The van der Waals surface area contributed by atoms with Gasteiger partial charge in [0.2, 0.25) is 5.91 Å². The summed E-state index contributed by atoms with van der Waals surface area (Å²) in [6.07, 6.45) is 0.884. The smallest absolute Gasteiger partial charge is 0.256 e.